The quantitative estimate of drug-likeness (QED) is 0.582. The van der Waals surface area contributed by atoms with Crippen molar-refractivity contribution >= 4 is 5.78 Å². The Labute approximate surface area is 174 Å². The highest BCUT2D eigenvalue weighted by molar-refractivity contribution is 5.95. The van der Waals surface area contributed by atoms with Gasteiger partial charge in [0.15, 0.2) is 5.78 Å². The molecule has 1 saturated carbocycles. The van der Waals surface area contributed by atoms with Gasteiger partial charge in [0.2, 0.25) is 0 Å². The van der Waals surface area contributed by atoms with Crippen molar-refractivity contribution in [2.24, 2.45) is 5.41 Å². The number of hydrogen-bond acceptors (Lipinski definition) is 2. The fraction of sp³-hybridized carbons (Fsp3) is 0.500. The molecule has 29 heavy (non-hydrogen) atoms. The molecule has 4 rings (SSSR count). The Bertz CT molecular complexity index is 865. The van der Waals surface area contributed by atoms with E-state index in [4.69, 9.17) is 0 Å². The van der Waals surface area contributed by atoms with E-state index in [9.17, 15) is 9.18 Å². The lowest BCUT2D eigenvalue weighted by atomic mass is 9.70. The van der Waals surface area contributed by atoms with E-state index in [0.29, 0.717) is 23.4 Å². The van der Waals surface area contributed by atoms with Gasteiger partial charge in [-0.3, -0.25) is 4.79 Å². The number of carbonyl (C=O) groups excluding carboxylic acids is 1. The van der Waals surface area contributed by atoms with E-state index < -0.39 is 0 Å². The second-order valence-electron chi connectivity index (χ2n) is 9.37. The molecule has 154 valence electrons. The summed E-state index contributed by atoms with van der Waals surface area (Å²) in [5.74, 6) is -0.183. The van der Waals surface area contributed by atoms with Crippen LogP contribution in [-0.2, 0) is 12.8 Å². The van der Waals surface area contributed by atoms with Gasteiger partial charge in [0.05, 0.1) is 0 Å². The molecule has 1 fully saturated rings. The zero-order chi connectivity index (χ0) is 20.4. The highest BCUT2D eigenvalue weighted by atomic mass is 19.1. The van der Waals surface area contributed by atoms with E-state index in [-0.39, 0.29) is 11.6 Å². The van der Waals surface area contributed by atoms with Crippen molar-refractivity contribution in [1.82, 2.24) is 4.90 Å². The molecule has 0 saturated heterocycles. The Morgan fingerprint density at radius 3 is 2.48 bits per heavy atom. The molecule has 0 aromatic heterocycles. The average Bonchev–Trinajstić information content (AvgIpc) is 3.05. The molecule has 2 aromatic rings. The van der Waals surface area contributed by atoms with Gasteiger partial charge in [-0.05, 0) is 106 Å². The molecule has 0 amide bonds. The van der Waals surface area contributed by atoms with E-state index in [0.717, 1.165) is 13.0 Å². The van der Waals surface area contributed by atoms with Gasteiger partial charge < -0.3 is 4.90 Å². The molecule has 2 aromatic carbocycles. The van der Waals surface area contributed by atoms with Gasteiger partial charge in [-0.25, -0.2) is 4.39 Å². The maximum absolute atomic E-state index is 13.0. The molecule has 0 unspecified atom stereocenters. The summed E-state index contributed by atoms with van der Waals surface area (Å²) in [6, 6.07) is 13.5. The van der Waals surface area contributed by atoms with Gasteiger partial charge in [0.25, 0.3) is 0 Å². The van der Waals surface area contributed by atoms with Crippen molar-refractivity contribution in [3.63, 3.8) is 0 Å². The van der Waals surface area contributed by atoms with E-state index in [1.54, 1.807) is 23.3 Å². The smallest absolute Gasteiger partial charge is 0.162 e. The topological polar surface area (TPSA) is 20.3 Å². The van der Waals surface area contributed by atoms with Crippen molar-refractivity contribution in [3.8, 4) is 0 Å². The van der Waals surface area contributed by atoms with Crippen LogP contribution in [-0.4, -0.2) is 30.3 Å². The Morgan fingerprint density at radius 2 is 1.76 bits per heavy atom. The van der Waals surface area contributed by atoms with Crippen LogP contribution in [0.3, 0.4) is 0 Å². The van der Waals surface area contributed by atoms with Crippen molar-refractivity contribution in [2.75, 3.05) is 13.6 Å². The minimum absolute atomic E-state index is 0.111. The van der Waals surface area contributed by atoms with Crippen LogP contribution in [0.5, 0.6) is 0 Å². The largest absolute Gasteiger partial charge is 0.303 e. The molecule has 2 nitrogen and oxygen atoms in total. The highest BCUT2D eigenvalue weighted by Crippen LogP contribution is 2.48. The van der Waals surface area contributed by atoms with Gasteiger partial charge in [-0.1, -0.05) is 23.8 Å². The van der Waals surface area contributed by atoms with Crippen molar-refractivity contribution in [1.29, 1.82) is 0 Å². The maximum atomic E-state index is 13.0. The monoisotopic (exact) mass is 393 g/mol. The lowest BCUT2D eigenvalue weighted by Gasteiger charge is -2.40. The number of Topliss-reactive ketones (excluding diaryl/α,β-unsaturated/α-hetero) is 1. The SMILES string of the molecule is Cc1ccc2c(c1)CC1(CCC(N(C)CCCC(=O)c3ccc(F)cc3)CC1)C2. The number of hydrogen-bond donors (Lipinski definition) is 0. The number of rotatable bonds is 6. The van der Waals surface area contributed by atoms with Crippen molar-refractivity contribution < 1.29 is 9.18 Å². The van der Waals surface area contributed by atoms with Gasteiger partial charge in [0.1, 0.15) is 5.82 Å². The molecule has 3 heteroatoms. The second kappa shape index (κ2) is 8.39. The standard InChI is InChI=1S/C26H32FNO/c1-19-5-6-21-17-26(18-22(21)16-19)13-11-24(12-14-26)28(2)15-3-4-25(29)20-7-9-23(27)10-8-20/h5-10,16,24H,3-4,11-15,17-18H2,1-2H3. The van der Waals surface area contributed by atoms with E-state index in [2.05, 4.69) is 37.1 Å². The third kappa shape index (κ3) is 4.61. The third-order valence-corrected chi connectivity index (χ3v) is 7.21. The van der Waals surface area contributed by atoms with E-state index >= 15 is 0 Å². The summed E-state index contributed by atoms with van der Waals surface area (Å²) in [5, 5.41) is 0. The first-order valence-corrected chi connectivity index (χ1v) is 11.0. The minimum Gasteiger partial charge on any atom is -0.303 e. The summed E-state index contributed by atoms with van der Waals surface area (Å²) in [6.07, 6.45) is 9.04. The molecule has 0 N–H and O–H groups in total. The fourth-order valence-corrected chi connectivity index (χ4v) is 5.42. The number of halogens is 1. The predicted molar refractivity (Wildman–Crippen MR) is 116 cm³/mol. The summed E-state index contributed by atoms with van der Waals surface area (Å²) in [7, 11) is 2.21. The minimum atomic E-state index is -0.295. The Hall–Kier alpha value is -2.00. The normalized spacial score (nSPS) is 23.5. The van der Waals surface area contributed by atoms with Gasteiger partial charge >= 0.3 is 0 Å². The van der Waals surface area contributed by atoms with E-state index in [1.807, 2.05) is 0 Å². The maximum Gasteiger partial charge on any atom is 0.162 e. The zero-order valence-corrected chi connectivity index (χ0v) is 17.7. The van der Waals surface area contributed by atoms with Crippen molar-refractivity contribution in [2.45, 2.75) is 64.3 Å². The Balaban J connectivity index is 1.23. The molecule has 2 aliphatic rings. The molecule has 0 atom stereocenters. The van der Waals surface area contributed by atoms with Crippen LogP contribution in [0, 0.1) is 18.2 Å². The molecule has 0 aliphatic heterocycles. The predicted octanol–water partition coefficient (Wildman–Crippen LogP) is 5.76. The van der Waals surface area contributed by atoms with Crippen molar-refractivity contribution in [3.05, 3.63) is 70.5 Å². The zero-order valence-electron chi connectivity index (χ0n) is 17.7. The second-order valence-corrected chi connectivity index (χ2v) is 9.37. The van der Waals surface area contributed by atoms with Crippen LogP contribution in [0.1, 0.15) is 65.6 Å². The van der Waals surface area contributed by atoms with E-state index in [1.165, 1.54) is 56.2 Å². The third-order valence-electron chi connectivity index (χ3n) is 7.21. The van der Waals surface area contributed by atoms with Crippen LogP contribution in [0.25, 0.3) is 0 Å². The number of aryl methyl sites for hydroxylation is 1. The Kier molecular flexibility index (Phi) is 5.87. The van der Waals surface area contributed by atoms with Gasteiger partial charge in [0, 0.05) is 18.0 Å². The first kappa shape index (κ1) is 20.3. The highest BCUT2D eigenvalue weighted by Gasteiger charge is 2.40. The molecule has 0 bridgehead atoms. The molecule has 0 radical (unpaired) electrons. The summed E-state index contributed by atoms with van der Waals surface area (Å²) in [5.41, 5.74) is 5.64. The van der Waals surface area contributed by atoms with Crippen LogP contribution >= 0.6 is 0 Å². The van der Waals surface area contributed by atoms with Gasteiger partial charge in [-0.2, -0.15) is 0 Å². The fourth-order valence-electron chi connectivity index (χ4n) is 5.42. The summed E-state index contributed by atoms with van der Waals surface area (Å²) < 4.78 is 13.0. The summed E-state index contributed by atoms with van der Waals surface area (Å²) >= 11 is 0. The van der Waals surface area contributed by atoms with Gasteiger partial charge in [-0.15, -0.1) is 0 Å². The number of carbonyl (C=O) groups is 1. The Morgan fingerprint density at radius 1 is 1.07 bits per heavy atom. The lowest BCUT2D eigenvalue weighted by Crippen LogP contribution is -2.39. The number of nitrogens with zero attached hydrogens (tertiary/aromatic N) is 1. The number of benzene rings is 2. The molecular weight excluding hydrogens is 361 g/mol. The molecular formula is C26H32FNO. The summed E-state index contributed by atoms with van der Waals surface area (Å²) in [4.78, 5) is 14.7. The van der Waals surface area contributed by atoms with Crippen LogP contribution < -0.4 is 0 Å². The lowest BCUT2D eigenvalue weighted by molar-refractivity contribution is 0.0948. The molecule has 2 aliphatic carbocycles. The molecule has 1 spiro atoms. The molecule has 0 heterocycles. The van der Waals surface area contributed by atoms with Crippen LogP contribution in [0.2, 0.25) is 0 Å². The van der Waals surface area contributed by atoms with Crippen LogP contribution in [0.15, 0.2) is 42.5 Å². The van der Waals surface area contributed by atoms with Crippen LogP contribution in [0.4, 0.5) is 4.39 Å². The first-order valence-electron chi connectivity index (χ1n) is 11.0. The summed E-state index contributed by atoms with van der Waals surface area (Å²) in [6.45, 7) is 3.14. The number of fused-ring (bicyclic) bond motifs is 1. The number of ketones is 1. The average molecular weight is 394 g/mol. The first-order chi connectivity index (χ1) is 13.9.